The highest BCUT2D eigenvalue weighted by Crippen LogP contribution is 2.49. The van der Waals surface area contributed by atoms with Gasteiger partial charge in [-0.3, -0.25) is 0 Å². The van der Waals surface area contributed by atoms with E-state index in [4.69, 9.17) is 0 Å². The third-order valence-electron chi connectivity index (χ3n) is 5.00. The molecule has 2 fully saturated rings. The Bertz CT molecular complexity index is 209. The normalized spacial score (nSPS) is 37.3. The van der Waals surface area contributed by atoms with Crippen molar-refractivity contribution in [2.45, 2.75) is 71.8 Å². The first-order chi connectivity index (χ1) is 7.67. The Balaban J connectivity index is 1.79. The highest BCUT2D eigenvalue weighted by molar-refractivity contribution is 4.96. The molecule has 94 valence electrons. The molecule has 16 heavy (non-hydrogen) atoms. The first-order valence-corrected chi connectivity index (χ1v) is 7.40. The van der Waals surface area contributed by atoms with Crippen molar-refractivity contribution in [1.29, 1.82) is 0 Å². The summed E-state index contributed by atoms with van der Waals surface area (Å²) in [7, 11) is 0. The van der Waals surface area contributed by atoms with E-state index in [9.17, 15) is 0 Å². The zero-order valence-corrected chi connectivity index (χ0v) is 11.4. The maximum atomic E-state index is 3.91. The fourth-order valence-electron chi connectivity index (χ4n) is 3.64. The molecule has 2 unspecified atom stereocenters. The number of rotatable bonds is 5. The molecule has 0 saturated heterocycles. The molecule has 0 radical (unpaired) electrons. The van der Waals surface area contributed by atoms with Crippen LogP contribution in [0.5, 0.6) is 0 Å². The van der Waals surface area contributed by atoms with E-state index in [2.05, 4.69) is 26.1 Å². The summed E-state index contributed by atoms with van der Waals surface area (Å²) < 4.78 is 0. The molecule has 2 aliphatic rings. The smallest absolute Gasteiger partial charge is 0.0118 e. The van der Waals surface area contributed by atoms with Gasteiger partial charge in [-0.25, -0.2) is 0 Å². The van der Waals surface area contributed by atoms with Gasteiger partial charge in [0.2, 0.25) is 0 Å². The molecule has 2 saturated carbocycles. The molecule has 0 aromatic carbocycles. The van der Waals surface area contributed by atoms with E-state index in [0.717, 1.165) is 17.9 Å². The van der Waals surface area contributed by atoms with E-state index in [1.54, 1.807) is 0 Å². The largest absolute Gasteiger partial charge is 0.313 e. The van der Waals surface area contributed by atoms with Crippen LogP contribution in [0.25, 0.3) is 0 Å². The number of nitrogens with one attached hydrogen (secondary N) is 1. The van der Waals surface area contributed by atoms with Crippen LogP contribution in [0.4, 0.5) is 0 Å². The monoisotopic (exact) mass is 223 g/mol. The van der Waals surface area contributed by atoms with E-state index >= 15 is 0 Å². The molecular weight excluding hydrogens is 194 g/mol. The molecule has 0 heterocycles. The van der Waals surface area contributed by atoms with Gasteiger partial charge in [0.15, 0.2) is 0 Å². The van der Waals surface area contributed by atoms with Crippen LogP contribution in [0.2, 0.25) is 0 Å². The average molecular weight is 223 g/mol. The van der Waals surface area contributed by atoms with E-state index < -0.39 is 0 Å². The maximum absolute atomic E-state index is 3.91. The van der Waals surface area contributed by atoms with Gasteiger partial charge in [-0.05, 0) is 49.4 Å². The third-order valence-corrected chi connectivity index (χ3v) is 5.00. The molecule has 1 N–H and O–H groups in total. The quantitative estimate of drug-likeness (QED) is 0.743. The Morgan fingerprint density at radius 2 is 1.75 bits per heavy atom. The summed E-state index contributed by atoms with van der Waals surface area (Å²) in [5.74, 6) is 1.78. The van der Waals surface area contributed by atoms with Gasteiger partial charge in [0.1, 0.15) is 0 Å². The number of hydrogen-bond acceptors (Lipinski definition) is 1. The van der Waals surface area contributed by atoms with Crippen molar-refractivity contribution in [2.75, 3.05) is 6.54 Å². The van der Waals surface area contributed by atoms with Crippen LogP contribution in [0.15, 0.2) is 0 Å². The van der Waals surface area contributed by atoms with Crippen LogP contribution in [0.1, 0.15) is 65.7 Å². The first kappa shape index (κ1) is 12.4. The van der Waals surface area contributed by atoms with Gasteiger partial charge in [-0.15, -0.1) is 0 Å². The zero-order chi connectivity index (χ0) is 11.6. The molecule has 0 aliphatic heterocycles. The fourth-order valence-corrected chi connectivity index (χ4v) is 3.64. The molecule has 0 spiro atoms. The Labute approximate surface area is 101 Å². The van der Waals surface area contributed by atoms with Gasteiger partial charge >= 0.3 is 0 Å². The molecule has 0 amide bonds. The molecule has 2 rings (SSSR count). The second kappa shape index (κ2) is 5.08. The van der Waals surface area contributed by atoms with Crippen LogP contribution >= 0.6 is 0 Å². The second-order valence-corrected chi connectivity index (χ2v) is 6.54. The van der Waals surface area contributed by atoms with Crippen LogP contribution in [-0.4, -0.2) is 12.6 Å². The van der Waals surface area contributed by atoms with Crippen LogP contribution < -0.4 is 5.32 Å². The minimum absolute atomic E-state index is 0.714. The SMILES string of the molecule is CCCC1(CNC2C(C)CCCC2C)CC1. The van der Waals surface area contributed by atoms with E-state index in [-0.39, 0.29) is 0 Å². The summed E-state index contributed by atoms with van der Waals surface area (Å²) in [4.78, 5) is 0. The molecule has 1 nitrogen and oxygen atoms in total. The van der Waals surface area contributed by atoms with E-state index in [0.29, 0.717) is 5.41 Å². The van der Waals surface area contributed by atoms with Crippen molar-refractivity contribution in [2.24, 2.45) is 17.3 Å². The van der Waals surface area contributed by atoms with Gasteiger partial charge < -0.3 is 5.32 Å². The van der Waals surface area contributed by atoms with Crippen molar-refractivity contribution in [1.82, 2.24) is 5.32 Å². The van der Waals surface area contributed by atoms with Gasteiger partial charge in [-0.1, -0.05) is 33.6 Å². The highest BCUT2D eigenvalue weighted by atomic mass is 15.0. The zero-order valence-electron chi connectivity index (χ0n) is 11.4. The fraction of sp³-hybridized carbons (Fsp3) is 1.00. The minimum Gasteiger partial charge on any atom is -0.313 e. The average Bonchev–Trinajstić information content (AvgIpc) is 2.98. The predicted octanol–water partition coefficient (Wildman–Crippen LogP) is 3.98. The number of hydrogen-bond donors (Lipinski definition) is 1. The molecule has 0 aromatic heterocycles. The molecule has 0 aromatic rings. The minimum atomic E-state index is 0.714. The maximum Gasteiger partial charge on any atom is 0.0118 e. The van der Waals surface area contributed by atoms with E-state index in [1.165, 1.54) is 51.5 Å². The second-order valence-electron chi connectivity index (χ2n) is 6.54. The van der Waals surface area contributed by atoms with Gasteiger partial charge in [0.25, 0.3) is 0 Å². The van der Waals surface area contributed by atoms with Crippen LogP contribution in [-0.2, 0) is 0 Å². The first-order valence-electron chi connectivity index (χ1n) is 7.40. The lowest BCUT2D eigenvalue weighted by molar-refractivity contribution is 0.197. The van der Waals surface area contributed by atoms with Gasteiger partial charge in [0, 0.05) is 12.6 Å². The molecule has 2 atom stereocenters. The molecular formula is C15H29N. The highest BCUT2D eigenvalue weighted by Gasteiger charge is 2.42. The molecule has 1 heteroatoms. The molecule has 0 bridgehead atoms. The molecule has 2 aliphatic carbocycles. The van der Waals surface area contributed by atoms with E-state index in [1.807, 2.05) is 0 Å². The summed E-state index contributed by atoms with van der Waals surface area (Å²) >= 11 is 0. The van der Waals surface area contributed by atoms with Gasteiger partial charge in [-0.2, -0.15) is 0 Å². The predicted molar refractivity (Wildman–Crippen MR) is 70.5 cm³/mol. The standard InChI is InChI=1S/C15H29N/c1-4-8-15(9-10-15)11-16-14-12(2)6-5-7-13(14)3/h12-14,16H,4-11H2,1-3H3. The summed E-state index contributed by atoms with van der Waals surface area (Å²) in [6.07, 6.45) is 10.1. The lowest BCUT2D eigenvalue weighted by atomic mass is 9.78. The van der Waals surface area contributed by atoms with Crippen molar-refractivity contribution < 1.29 is 0 Å². The Hall–Kier alpha value is -0.0400. The van der Waals surface area contributed by atoms with Gasteiger partial charge in [0.05, 0.1) is 0 Å². The Morgan fingerprint density at radius 1 is 1.12 bits per heavy atom. The summed E-state index contributed by atoms with van der Waals surface area (Å²) in [5, 5.41) is 3.91. The summed E-state index contributed by atoms with van der Waals surface area (Å²) in [6, 6.07) is 0.795. The lowest BCUT2D eigenvalue weighted by Crippen LogP contribution is -2.45. The van der Waals surface area contributed by atoms with Crippen LogP contribution in [0.3, 0.4) is 0 Å². The van der Waals surface area contributed by atoms with Crippen LogP contribution in [0, 0.1) is 17.3 Å². The van der Waals surface area contributed by atoms with Crippen molar-refractivity contribution >= 4 is 0 Å². The van der Waals surface area contributed by atoms with Crippen molar-refractivity contribution in [3.63, 3.8) is 0 Å². The lowest BCUT2D eigenvalue weighted by Gasteiger charge is -2.36. The Kier molecular flexibility index (Phi) is 3.94. The summed E-state index contributed by atoms with van der Waals surface area (Å²) in [5.41, 5.74) is 0.714. The van der Waals surface area contributed by atoms with Crippen molar-refractivity contribution in [3.05, 3.63) is 0 Å². The summed E-state index contributed by atoms with van der Waals surface area (Å²) in [6.45, 7) is 8.49. The topological polar surface area (TPSA) is 12.0 Å². The van der Waals surface area contributed by atoms with Crippen molar-refractivity contribution in [3.8, 4) is 0 Å². The Morgan fingerprint density at radius 3 is 2.25 bits per heavy atom. The third kappa shape index (κ3) is 2.80.